The first-order chi connectivity index (χ1) is 13.6. The van der Waals surface area contributed by atoms with Crippen molar-refractivity contribution in [2.24, 2.45) is 4.99 Å². The highest BCUT2D eigenvalue weighted by Crippen LogP contribution is 2.18. The van der Waals surface area contributed by atoms with Gasteiger partial charge in [0.2, 0.25) is 0 Å². The molecule has 1 unspecified atom stereocenters. The topological polar surface area (TPSA) is 58.1 Å². The fraction of sp³-hybridized carbons (Fsp3) is 0.667. The molecular weight excluding hydrogens is 503 g/mol. The maximum absolute atomic E-state index is 6.01. The lowest BCUT2D eigenvalue weighted by Gasteiger charge is -2.33. The van der Waals surface area contributed by atoms with E-state index in [1.807, 2.05) is 31.2 Å². The van der Waals surface area contributed by atoms with Gasteiger partial charge in [-0.15, -0.1) is 24.0 Å². The molecule has 1 heterocycles. The minimum Gasteiger partial charge on any atom is -0.489 e. The summed E-state index contributed by atoms with van der Waals surface area (Å²) in [6.07, 6.45) is 3.33. The summed E-state index contributed by atoms with van der Waals surface area (Å²) >= 11 is 6.01. The van der Waals surface area contributed by atoms with Gasteiger partial charge in [-0.1, -0.05) is 17.7 Å². The molecule has 1 atom stereocenters. The Kier molecular flexibility index (Phi) is 13.7. The number of ether oxygens (including phenoxy) is 2. The molecule has 8 heteroatoms. The molecular formula is C21H36ClIN4O2. The van der Waals surface area contributed by atoms with Crippen LogP contribution >= 0.6 is 35.6 Å². The van der Waals surface area contributed by atoms with Gasteiger partial charge in [0.25, 0.3) is 0 Å². The van der Waals surface area contributed by atoms with Gasteiger partial charge >= 0.3 is 0 Å². The number of aliphatic imine (C=N–C) groups is 1. The van der Waals surface area contributed by atoms with Crippen LogP contribution in [0, 0.1) is 0 Å². The summed E-state index contributed by atoms with van der Waals surface area (Å²) in [7, 11) is 1.76. The summed E-state index contributed by atoms with van der Waals surface area (Å²) in [4.78, 5) is 7.23. The maximum Gasteiger partial charge on any atom is 0.191 e. The van der Waals surface area contributed by atoms with E-state index in [-0.39, 0.29) is 30.1 Å². The van der Waals surface area contributed by atoms with Crippen LogP contribution in [0.5, 0.6) is 5.75 Å². The van der Waals surface area contributed by atoms with E-state index < -0.39 is 0 Å². The van der Waals surface area contributed by atoms with Crippen LogP contribution in [-0.2, 0) is 4.74 Å². The lowest BCUT2D eigenvalue weighted by atomic mass is 10.1. The lowest BCUT2D eigenvalue weighted by Crippen LogP contribution is -2.49. The van der Waals surface area contributed by atoms with Gasteiger partial charge in [0, 0.05) is 51.0 Å². The summed E-state index contributed by atoms with van der Waals surface area (Å²) < 4.78 is 11.1. The molecule has 1 saturated heterocycles. The van der Waals surface area contributed by atoms with Gasteiger partial charge in [0.05, 0.1) is 6.54 Å². The highest BCUT2D eigenvalue weighted by atomic mass is 127. The number of guanidine groups is 1. The highest BCUT2D eigenvalue weighted by Gasteiger charge is 2.19. The number of likely N-dealkylation sites (tertiary alicyclic amines) is 1. The van der Waals surface area contributed by atoms with Crippen molar-refractivity contribution in [3.63, 3.8) is 0 Å². The first-order valence-electron chi connectivity index (χ1n) is 10.3. The van der Waals surface area contributed by atoms with Gasteiger partial charge in [0.15, 0.2) is 5.96 Å². The average molecular weight is 539 g/mol. The van der Waals surface area contributed by atoms with Crippen molar-refractivity contribution in [3.8, 4) is 5.75 Å². The lowest BCUT2D eigenvalue weighted by molar-refractivity contribution is 0.155. The summed E-state index contributed by atoms with van der Waals surface area (Å²) in [5, 5.41) is 7.60. The first kappa shape index (κ1) is 26.3. The molecule has 0 aromatic heterocycles. The predicted molar refractivity (Wildman–Crippen MR) is 132 cm³/mol. The molecule has 0 bridgehead atoms. The smallest absolute Gasteiger partial charge is 0.191 e. The van der Waals surface area contributed by atoms with E-state index in [1.54, 1.807) is 7.11 Å². The fourth-order valence-corrected chi connectivity index (χ4v) is 3.46. The Bertz CT molecular complexity index is 598. The highest BCUT2D eigenvalue weighted by molar-refractivity contribution is 14.0. The zero-order valence-corrected chi connectivity index (χ0v) is 20.9. The maximum atomic E-state index is 6.01. The summed E-state index contributed by atoms with van der Waals surface area (Å²) in [5.74, 6) is 1.64. The van der Waals surface area contributed by atoms with Gasteiger partial charge in [-0.2, -0.15) is 0 Å². The van der Waals surface area contributed by atoms with E-state index in [2.05, 4.69) is 22.5 Å². The molecule has 2 N–H and O–H groups in total. The number of benzene rings is 1. The van der Waals surface area contributed by atoms with Crippen molar-refractivity contribution < 1.29 is 9.47 Å². The van der Waals surface area contributed by atoms with Gasteiger partial charge < -0.3 is 25.0 Å². The Hall–Kier alpha value is -0.770. The molecule has 0 radical (unpaired) electrons. The Morgan fingerprint density at radius 1 is 1.34 bits per heavy atom. The van der Waals surface area contributed by atoms with Crippen LogP contribution in [0.4, 0.5) is 0 Å². The van der Waals surface area contributed by atoms with Crippen molar-refractivity contribution in [2.45, 2.75) is 45.3 Å². The third-order valence-corrected chi connectivity index (χ3v) is 4.97. The Morgan fingerprint density at radius 3 is 2.76 bits per heavy atom. The monoisotopic (exact) mass is 538 g/mol. The number of methoxy groups -OCH3 is 1. The van der Waals surface area contributed by atoms with Crippen LogP contribution < -0.4 is 15.4 Å². The van der Waals surface area contributed by atoms with Crippen molar-refractivity contribution in [1.82, 2.24) is 15.5 Å². The number of hydrogen-bond donors (Lipinski definition) is 2. The molecule has 0 saturated carbocycles. The SMILES string of the molecule is CCNC(=NCC(C)Oc1cccc(Cl)c1)NC1CCN(CCCOC)CC1.I. The Morgan fingerprint density at radius 2 is 2.10 bits per heavy atom. The largest absolute Gasteiger partial charge is 0.489 e. The van der Waals surface area contributed by atoms with E-state index in [0.717, 1.165) is 63.8 Å². The zero-order chi connectivity index (χ0) is 20.2. The zero-order valence-electron chi connectivity index (χ0n) is 17.8. The number of rotatable bonds is 10. The molecule has 166 valence electrons. The molecule has 29 heavy (non-hydrogen) atoms. The third kappa shape index (κ3) is 10.7. The van der Waals surface area contributed by atoms with E-state index in [1.165, 1.54) is 0 Å². The van der Waals surface area contributed by atoms with E-state index in [0.29, 0.717) is 17.6 Å². The van der Waals surface area contributed by atoms with Crippen LogP contribution in [0.15, 0.2) is 29.3 Å². The first-order valence-corrected chi connectivity index (χ1v) is 10.7. The summed E-state index contributed by atoms with van der Waals surface area (Å²) in [6, 6.07) is 7.93. The minimum absolute atomic E-state index is 0. The molecule has 2 rings (SSSR count). The van der Waals surface area contributed by atoms with Gasteiger partial charge in [-0.05, 0) is 51.3 Å². The standard InChI is InChI=1S/C21H35ClN4O2.HI/c1-4-23-21(24-16-17(2)28-20-8-5-7-18(22)15-20)25-19-9-12-26(13-10-19)11-6-14-27-3;/h5,7-8,15,17,19H,4,6,9-14,16H2,1-3H3,(H2,23,24,25);1H. The number of piperidine rings is 1. The fourth-order valence-electron chi connectivity index (χ4n) is 3.28. The van der Waals surface area contributed by atoms with Crippen LogP contribution in [0.1, 0.15) is 33.1 Å². The van der Waals surface area contributed by atoms with Crippen molar-refractivity contribution in [2.75, 3.05) is 46.4 Å². The van der Waals surface area contributed by atoms with Gasteiger partial charge in [-0.25, -0.2) is 4.99 Å². The molecule has 0 amide bonds. The second-order valence-electron chi connectivity index (χ2n) is 7.21. The Balaban J connectivity index is 0.00000420. The average Bonchev–Trinajstić information content (AvgIpc) is 2.68. The van der Waals surface area contributed by atoms with Crippen LogP contribution in [0.3, 0.4) is 0 Å². The molecule has 1 aromatic rings. The van der Waals surface area contributed by atoms with Crippen LogP contribution in [0.25, 0.3) is 0 Å². The molecule has 1 fully saturated rings. The molecule has 6 nitrogen and oxygen atoms in total. The molecule has 0 aliphatic carbocycles. The number of hydrogen-bond acceptors (Lipinski definition) is 4. The van der Waals surface area contributed by atoms with Crippen molar-refractivity contribution in [1.29, 1.82) is 0 Å². The predicted octanol–water partition coefficient (Wildman–Crippen LogP) is 3.78. The third-order valence-electron chi connectivity index (χ3n) is 4.74. The van der Waals surface area contributed by atoms with E-state index in [9.17, 15) is 0 Å². The molecule has 0 spiro atoms. The summed E-state index contributed by atoms with van der Waals surface area (Å²) in [6.45, 7) is 9.72. The normalized spacial score (nSPS) is 16.8. The van der Waals surface area contributed by atoms with Crippen LogP contribution in [0.2, 0.25) is 5.02 Å². The molecule has 1 aromatic carbocycles. The summed E-state index contributed by atoms with van der Waals surface area (Å²) in [5.41, 5.74) is 0. The number of nitrogens with one attached hydrogen (secondary N) is 2. The van der Waals surface area contributed by atoms with Gasteiger partial charge in [0.1, 0.15) is 11.9 Å². The second-order valence-corrected chi connectivity index (χ2v) is 7.65. The van der Waals surface area contributed by atoms with E-state index >= 15 is 0 Å². The van der Waals surface area contributed by atoms with E-state index in [4.69, 9.17) is 26.1 Å². The second kappa shape index (κ2) is 15.1. The van der Waals surface area contributed by atoms with Crippen LogP contribution in [-0.4, -0.2) is 69.4 Å². The molecule has 1 aliphatic rings. The van der Waals surface area contributed by atoms with Gasteiger partial charge in [-0.3, -0.25) is 0 Å². The number of halogens is 2. The minimum atomic E-state index is -0.0310. The Labute approximate surface area is 197 Å². The quantitative estimate of drug-likeness (QED) is 0.206. The molecule has 1 aliphatic heterocycles. The number of nitrogens with zero attached hydrogens (tertiary/aromatic N) is 2. The van der Waals surface area contributed by atoms with Crippen molar-refractivity contribution >= 4 is 41.5 Å². The van der Waals surface area contributed by atoms with Crippen molar-refractivity contribution in [3.05, 3.63) is 29.3 Å².